The lowest BCUT2D eigenvalue weighted by Gasteiger charge is -2.15. The number of nitrogens with one attached hydrogen (secondary N) is 1. The third-order valence-corrected chi connectivity index (χ3v) is 5.40. The molecule has 1 N–H and O–H groups in total. The summed E-state index contributed by atoms with van der Waals surface area (Å²) in [7, 11) is 0. The lowest BCUT2D eigenvalue weighted by atomic mass is 9.97. The molecule has 6 heteroatoms. The molecule has 1 aromatic carbocycles. The number of anilines is 1. The molecule has 1 heterocycles. The quantitative estimate of drug-likeness (QED) is 0.766. The van der Waals surface area contributed by atoms with Gasteiger partial charge in [0.25, 0.3) is 0 Å². The van der Waals surface area contributed by atoms with Crippen LogP contribution in [0.4, 0.5) is 5.69 Å². The van der Waals surface area contributed by atoms with Crippen LogP contribution in [0.25, 0.3) is 0 Å². The van der Waals surface area contributed by atoms with Gasteiger partial charge >= 0.3 is 0 Å². The topological polar surface area (TPSA) is 59.8 Å². The minimum absolute atomic E-state index is 0.00115. The summed E-state index contributed by atoms with van der Waals surface area (Å²) in [5, 5.41) is 12.3. The molecule has 1 atom stereocenters. The largest absolute Gasteiger partial charge is 0.325 e. The van der Waals surface area contributed by atoms with Crippen molar-refractivity contribution in [2.24, 2.45) is 0 Å². The van der Waals surface area contributed by atoms with Crippen LogP contribution in [0.15, 0.2) is 29.4 Å². The van der Waals surface area contributed by atoms with Crippen LogP contribution in [0, 0.1) is 6.92 Å². The minimum atomic E-state index is -0.00115. The molecule has 1 aliphatic rings. The van der Waals surface area contributed by atoms with Gasteiger partial charge < -0.3 is 9.88 Å². The molecular weight excluding hydrogens is 320 g/mol. The van der Waals surface area contributed by atoms with Gasteiger partial charge in [0.2, 0.25) is 5.91 Å². The molecule has 1 aromatic heterocycles. The molecule has 5 nitrogen and oxygen atoms in total. The molecule has 0 bridgehead atoms. The van der Waals surface area contributed by atoms with Crippen LogP contribution in [0.2, 0.25) is 0 Å². The highest BCUT2D eigenvalue weighted by Gasteiger charge is 2.28. The van der Waals surface area contributed by atoms with Crippen molar-refractivity contribution in [3.63, 3.8) is 0 Å². The number of rotatable bonds is 7. The van der Waals surface area contributed by atoms with E-state index < -0.39 is 0 Å². The van der Waals surface area contributed by atoms with Gasteiger partial charge in [-0.2, -0.15) is 0 Å². The SMILES string of the molecule is CC[C@@H](C)c1ccccc1NC(=O)CSc1nnc(C)n1C1CC1. The normalized spacial score (nSPS) is 15.3. The number of nitrogens with zero attached hydrogens (tertiary/aromatic N) is 3. The van der Waals surface area contributed by atoms with Crippen molar-refractivity contribution in [2.75, 3.05) is 11.1 Å². The summed E-state index contributed by atoms with van der Waals surface area (Å²) < 4.78 is 2.16. The fourth-order valence-corrected chi connectivity index (χ4v) is 3.63. The Morgan fingerprint density at radius 1 is 1.38 bits per heavy atom. The van der Waals surface area contributed by atoms with E-state index in [0.717, 1.165) is 23.1 Å². The summed E-state index contributed by atoms with van der Waals surface area (Å²) in [5.74, 6) is 1.70. The van der Waals surface area contributed by atoms with Gasteiger partial charge in [-0.1, -0.05) is 43.8 Å². The summed E-state index contributed by atoms with van der Waals surface area (Å²) >= 11 is 1.46. The molecule has 0 spiro atoms. The molecular formula is C18H24N4OS. The molecule has 1 fully saturated rings. The third kappa shape index (κ3) is 3.80. The molecule has 2 aromatic rings. The van der Waals surface area contributed by atoms with Crippen LogP contribution >= 0.6 is 11.8 Å². The highest BCUT2D eigenvalue weighted by molar-refractivity contribution is 7.99. The van der Waals surface area contributed by atoms with Crippen molar-refractivity contribution < 1.29 is 4.79 Å². The maximum Gasteiger partial charge on any atom is 0.234 e. The number of aromatic nitrogens is 3. The Labute approximate surface area is 147 Å². The van der Waals surface area contributed by atoms with Gasteiger partial charge in [0.05, 0.1) is 5.75 Å². The Bertz CT molecular complexity index is 724. The number of benzene rings is 1. The van der Waals surface area contributed by atoms with Crippen LogP contribution in [0.5, 0.6) is 0 Å². The minimum Gasteiger partial charge on any atom is -0.325 e. The number of hydrogen-bond acceptors (Lipinski definition) is 4. The predicted octanol–water partition coefficient (Wildman–Crippen LogP) is 4.17. The fourth-order valence-electron chi connectivity index (χ4n) is 2.78. The lowest BCUT2D eigenvalue weighted by Crippen LogP contribution is -2.16. The van der Waals surface area contributed by atoms with Gasteiger partial charge in [-0.15, -0.1) is 10.2 Å². The average molecular weight is 344 g/mol. The number of hydrogen-bond donors (Lipinski definition) is 1. The smallest absolute Gasteiger partial charge is 0.234 e. The van der Waals surface area contributed by atoms with Crippen LogP contribution in [-0.2, 0) is 4.79 Å². The van der Waals surface area contributed by atoms with E-state index in [0.29, 0.717) is 17.7 Å². The maximum absolute atomic E-state index is 12.4. The summed E-state index contributed by atoms with van der Waals surface area (Å²) in [6, 6.07) is 8.57. The second-order valence-corrected chi connectivity index (χ2v) is 7.31. The molecule has 128 valence electrons. The molecule has 24 heavy (non-hydrogen) atoms. The number of carbonyl (C=O) groups is 1. The third-order valence-electron chi connectivity index (χ3n) is 4.46. The highest BCUT2D eigenvalue weighted by atomic mass is 32.2. The zero-order chi connectivity index (χ0) is 17.1. The Morgan fingerprint density at radius 3 is 2.83 bits per heavy atom. The van der Waals surface area contributed by atoms with Gasteiger partial charge in [-0.3, -0.25) is 4.79 Å². The second-order valence-electron chi connectivity index (χ2n) is 6.36. The molecule has 1 saturated carbocycles. The van der Waals surface area contributed by atoms with Crippen LogP contribution < -0.4 is 5.32 Å². The Hall–Kier alpha value is -1.82. The van der Waals surface area contributed by atoms with Gasteiger partial charge in [-0.25, -0.2) is 0 Å². The standard InChI is InChI=1S/C18H24N4OS/c1-4-12(2)15-7-5-6-8-16(15)19-17(23)11-24-18-21-20-13(3)22(18)14-9-10-14/h5-8,12,14H,4,9-11H2,1-3H3,(H,19,23)/t12-/m1/s1. The highest BCUT2D eigenvalue weighted by Crippen LogP contribution is 2.38. The van der Waals surface area contributed by atoms with Gasteiger partial charge in [0.15, 0.2) is 5.16 Å². The average Bonchev–Trinajstić information content (AvgIpc) is 3.35. The zero-order valence-corrected chi connectivity index (χ0v) is 15.3. The number of amides is 1. The lowest BCUT2D eigenvalue weighted by molar-refractivity contribution is -0.113. The first-order valence-corrected chi connectivity index (χ1v) is 9.51. The van der Waals surface area contributed by atoms with E-state index in [1.165, 1.54) is 30.2 Å². The van der Waals surface area contributed by atoms with Gasteiger partial charge in [-0.05, 0) is 43.7 Å². The summed E-state index contributed by atoms with van der Waals surface area (Å²) in [4.78, 5) is 12.4. The van der Waals surface area contributed by atoms with Crippen molar-refractivity contribution in [1.82, 2.24) is 14.8 Å². The number of carbonyl (C=O) groups excluding carboxylic acids is 1. The van der Waals surface area contributed by atoms with Crippen molar-refractivity contribution in [2.45, 2.75) is 57.1 Å². The monoisotopic (exact) mass is 344 g/mol. The van der Waals surface area contributed by atoms with E-state index in [4.69, 9.17) is 0 Å². The van der Waals surface area contributed by atoms with Crippen LogP contribution in [0.3, 0.4) is 0 Å². The molecule has 1 aliphatic carbocycles. The summed E-state index contributed by atoms with van der Waals surface area (Å²) in [5.41, 5.74) is 2.10. The molecule has 1 amide bonds. The van der Waals surface area contributed by atoms with E-state index >= 15 is 0 Å². The first kappa shape index (κ1) is 17.0. The maximum atomic E-state index is 12.4. The van der Waals surface area contributed by atoms with Crippen LogP contribution in [-0.4, -0.2) is 26.4 Å². The Kier molecular flexibility index (Phi) is 5.23. The van der Waals surface area contributed by atoms with Crippen LogP contribution in [0.1, 0.15) is 56.5 Å². The van der Waals surface area contributed by atoms with Crippen molar-refractivity contribution in [1.29, 1.82) is 0 Å². The van der Waals surface area contributed by atoms with E-state index in [1.807, 2.05) is 25.1 Å². The molecule has 0 unspecified atom stereocenters. The first-order chi connectivity index (χ1) is 11.6. The van der Waals surface area contributed by atoms with Crippen molar-refractivity contribution >= 4 is 23.4 Å². The molecule has 0 aliphatic heterocycles. The van der Waals surface area contributed by atoms with E-state index in [-0.39, 0.29) is 5.91 Å². The van der Waals surface area contributed by atoms with E-state index in [1.54, 1.807) is 0 Å². The number of thioether (sulfide) groups is 1. The molecule has 0 radical (unpaired) electrons. The Balaban J connectivity index is 1.63. The van der Waals surface area contributed by atoms with Gasteiger partial charge in [0, 0.05) is 11.7 Å². The number of para-hydroxylation sites is 1. The summed E-state index contributed by atoms with van der Waals surface area (Å²) in [6.07, 6.45) is 3.41. The van der Waals surface area contributed by atoms with Gasteiger partial charge in [0.1, 0.15) is 5.82 Å². The van der Waals surface area contributed by atoms with E-state index in [2.05, 4.69) is 40.0 Å². The Morgan fingerprint density at radius 2 is 2.12 bits per heavy atom. The predicted molar refractivity (Wildman–Crippen MR) is 97.5 cm³/mol. The van der Waals surface area contributed by atoms with Crippen molar-refractivity contribution in [3.8, 4) is 0 Å². The summed E-state index contributed by atoms with van der Waals surface area (Å²) in [6.45, 7) is 6.31. The van der Waals surface area contributed by atoms with Crippen molar-refractivity contribution in [3.05, 3.63) is 35.7 Å². The molecule has 0 saturated heterocycles. The molecule has 3 rings (SSSR count). The fraction of sp³-hybridized carbons (Fsp3) is 0.500. The zero-order valence-electron chi connectivity index (χ0n) is 14.5. The van der Waals surface area contributed by atoms with E-state index in [9.17, 15) is 4.79 Å². The number of aryl methyl sites for hydroxylation is 1. The second kappa shape index (κ2) is 7.38. The first-order valence-electron chi connectivity index (χ1n) is 8.53.